The van der Waals surface area contributed by atoms with Gasteiger partial charge in [0.25, 0.3) is 0 Å². The Balaban J connectivity index is 3.71. The van der Waals surface area contributed by atoms with Crippen molar-refractivity contribution < 1.29 is 9.47 Å². The lowest BCUT2D eigenvalue weighted by Gasteiger charge is -2.19. The molecule has 0 amide bonds. The van der Waals surface area contributed by atoms with Crippen molar-refractivity contribution in [3.8, 4) is 6.07 Å². The van der Waals surface area contributed by atoms with Crippen LogP contribution in [0.15, 0.2) is 0 Å². The van der Waals surface area contributed by atoms with Gasteiger partial charge in [-0.1, -0.05) is 47.0 Å². The van der Waals surface area contributed by atoms with Gasteiger partial charge < -0.3 is 9.47 Å². The Labute approximate surface area is 125 Å². The zero-order valence-electron chi connectivity index (χ0n) is 13.9. The lowest BCUT2D eigenvalue weighted by atomic mass is 9.98. The van der Waals surface area contributed by atoms with Crippen LogP contribution in [-0.2, 0) is 9.47 Å². The van der Waals surface area contributed by atoms with E-state index in [1.54, 1.807) is 0 Å². The lowest BCUT2D eigenvalue weighted by Crippen LogP contribution is -2.19. The van der Waals surface area contributed by atoms with Crippen molar-refractivity contribution in [2.45, 2.75) is 78.9 Å². The van der Waals surface area contributed by atoms with Gasteiger partial charge in [-0.15, -0.1) is 0 Å². The van der Waals surface area contributed by atoms with Gasteiger partial charge in [0, 0.05) is 26.1 Å². The summed E-state index contributed by atoms with van der Waals surface area (Å²) in [7, 11) is 0. The van der Waals surface area contributed by atoms with Gasteiger partial charge in [-0.3, -0.25) is 0 Å². The van der Waals surface area contributed by atoms with Crippen LogP contribution in [-0.4, -0.2) is 19.5 Å². The first-order valence-corrected chi connectivity index (χ1v) is 8.20. The molecular weight excluding hydrogens is 250 g/mol. The summed E-state index contributed by atoms with van der Waals surface area (Å²) in [5.41, 5.74) is 0. The van der Waals surface area contributed by atoms with Crippen LogP contribution >= 0.6 is 0 Å². The predicted octanol–water partition coefficient (Wildman–Crippen LogP) is 4.91. The molecule has 0 radical (unpaired) electrons. The highest BCUT2D eigenvalue weighted by Crippen LogP contribution is 2.16. The van der Waals surface area contributed by atoms with Gasteiger partial charge in [0.2, 0.25) is 0 Å². The quantitative estimate of drug-likeness (QED) is 0.451. The van der Waals surface area contributed by atoms with Crippen molar-refractivity contribution in [3.63, 3.8) is 0 Å². The molecule has 0 heterocycles. The predicted molar refractivity (Wildman–Crippen MR) is 83.3 cm³/mol. The first kappa shape index (κ1) is 19.4. The summed E-state index contributed by atoms with van der Waals surface area (Å²) in [6, 6.07) is 2.15. The molecule has 0 saturated carbocycles. The standard InChI is InChI=1S/C17H33NO2/c1-5-13-19-17(10-7-12-18)20-14-11-16(4)9-6-8-15(2)3/h15-17H,5-11,13-14H2,1-4H3. The molecule has 0 aliphatic carbocycles. The smallest absolute Gasteiger partial charge is 0.158 e. The first-order valence-electron chi connectivity index (χ1n) is 8.20. The maximum absolute atomic E-state index is 8.63. The van der Waals surface area contributed by atoms with Crippen molar-refractivity contribution in [2.24, 2.45) is 11.8 Å². The largest absolute Gasteiger partial charge is 0.353 e. The fourth-order valence-corrected chi connectivity index (χ4v) is 2.07. The highest BCUT2D eigenvalue weighted by atomic mass is 16.7. The molecule has 2 atom stereocenters. The molecule has 0 rings (SSSR count). The summed E-state index contributed by atoms with van der Waals surface area (Å²) in [6.45, 7) is 10.4. The fourth-order valence-electron chi connectivity index (χ4n) is 2.07. The number of nitriles is 1. The van der Waals surface area contributed by atoms with Crippen LogP contribution in [0.4, 0.5) is 0 Å². The molecule has 118 valence electrons. The van der Waals surface area contributed by atoms with E-state index in [4.69, 9.17) is 14.7 Å². The third-order valence-corrected chi connectivity index (χ3v) is 3.39. The molecule has 0 bridgehead atoms. The number of ether oxygens (including phenoxy) is 2. The van der Waals surface area contributed by atoms with Crippen LogP contribution in [0.5, 0.6) is 0 Å². The summed E-state index contributed by atoms with van der Waals surface area (Å²) in [6.07, 6.45) is 6.95. The van der Waals surface area contributed by atoms with Crippen LogP contribution in [0.2, 0.25) is 0 Å². The van der Waals surface area contributed by atoms with Crippen LogP contribution in [0.1, 0.15) is 72.6 Å². The average molecular weight is 283 g/mol. The Morgan fingerprint density at radius 1 is 0.950 bits per heavy atom. The van der Waals surface area contributed by atoms with Gasteiger partial charge >= 0.3 is 0 Å². The van der Waals surface area contributed by atoms with E-state index in [0.29, 0.717) is 25.4 Å². The third kappa shape index (κ3) is 12.4. The third-order valence-electron chi connectivity index (χ3n) is 3.39. The number of hydrogen-bond acceptors (Lipinski definition) is 3. The first-order chi connectivity index (χ1) is 9.60. The zero-order chi connectivity index (χ0) is 15.2. The highest BCUT2D eigenvalue weighted by molar-refractivity contribution is 4.69. The Morgan fingerprint density at radius 2 is 1.65 bits per heavy atom. The molecule has 0 aromatic carbocycles. The number of nitrogens with zero attached hydrogens (tertiary/aromatic N) is 1. The Kier molecular flexibility index (Phi) is 13.0. The van der Waals surface area contributed by atoms with Crippen LogP contribution < -0.4 is 0 Å². The minimum atomic E-state index is -0.197. The molecule has 0 aliphatic rings. The topological polar surface area (TPSA) is 42.2 Å². The van der Waals surface area contributed by atoms with Crippen molar-refractivity contribution in [1.82, 2.24) is 0 Å². The molecule has 0 N–H and O–H groups in total. The monoisotopic (exact) mass is 283 g/mol. The fraction of sp³-hybridized carbons (Fsp3) is 0.941. The van der Waals surface area contributed by atoms with Gasteiger partial charge in [-0.2, -0.15) is 5.26 Å². The number of hydrogen-bond donors (Lipinski definition) is 0. The molecular formula is C17H33NO2. The Bertz CT molecular complexity index is 248. The molecule has 3 heteroatoms. The van der Waals surface area contributed by atoms with Gasteiger partial charge in [0.15, 0.2) is 6.29 Å². The number of rotatable bonds is 13. The van der Waals surface area contributed by atoms with Crippen LogP contribution in [0.25, 0.3) is 0 Å². The molecule has 2 unspecified atom stereocenters. The van der Waals surface area contributed by atoms with Crippen molar-refractivity contribution >= 4 is 0 Å². The van der Waals surface area contributed by atoms with E-state index in [1.165, 1.54) is 19.3 Å². The molecule has 0 aliphatic heterocycles. The molecule has 0 aromatic heterocycles. The maximum Gasteiger partial charge on any atom is 0.158 e. The van der Waals surface area contributed by atoms with Crippen molar-refractivity contribution in [1.29, 1.82) is 5.26 Å². The molecule has 0 aromatic rings. The molecule has 0 spiro atoms. The second-order valence-corrected chi connectivity index (χ2v) is 6.09. The Hall–Kier alpha value is -0.590. The maximum atomic E-state index is 8.63. The minimum absolute atomic E-state index is 0.197. The van der Waals surface area contributed by atoms with Crippen molar-refractivity contribution in [2.75, 3.05) is 13.2 Å². The average Bonchev–Trinajstić information content (AvgIpc) is 2.40. The summed E-state index contributed by atoms with van der Waals surface area (Å²) in [4.78, 5) is 0. The van der Waals surface area contributed by atoms with E-state index in [-0.39, 0.29) is 6.29 Å². The molecule has 3 nitrogen and oxygen atoms in total. The summed E-state index contributed by atoms with van der Waals surface area (Å²) in [5.74, 6) is 1.51. The second-order valence-electron chi connectivity index (χ2n) is 6.09. The summed E-state index contributed by atoms with van der Waals surface area (Å²) in [5, 5.41) is 8.63. The van der Waals surface area contributed by atoms with Crippen molar-refractivity contribution in [3.05, 3.63) is 0 Å². The van der Waals surface area contributed by atoms with Crippen LogP contribution in [0.3, 0.4) is 0 Å². The van der Waals surface area contributed by atoms with Gasteiger partial charge in [0.1, 0.15) is 0 Å². The second kappa shape index (κ2) is 13.4. The van der Waals surface area contributed by atoms with Crippen LogP contribution in [0, 0.1) is 23.2 Å². The van der Waals surface area contributed by atoms with Gasteiger partial charge in [-0.25, -0.2) is 0 Å². The van der Waals surface area contributed by atoms with E-state index in [0.717, 1.165) is 25.4 Å². The zero-order valence-corrected chi connectivity index (χ0v) is 13.9. The van der Waals surface area contributed by atoms with Gasteiger partial charge in [-0.05, 0) is 24.7 Å². The summed E-state index contributed by atoms with van der Waals surface area (Å²) >= 11 is 0. The SMILES string of the molecule is CCCOC(CCC#N)OCCC(C)CCCC(C)C. The normalized spacial score (nSPS) is 14.2. The van der Waals surface area contributed by atoms with E-state index < -0.39 is 0 Å². The summed E-state index contributed by atoms with van der Waals surface area (Å²) < 4.78 is 11.4. The Morgan fingerprint density at radius 3 is 2.25 bits per heavy atom. The van der Waals surface area contributed by atoms with E-state index in [2.05, 4.69) is 33.8 Å². The lowest BCUT2D eigenvalue weighted by molar-refractivity contribution is -0.147. The van der Waals surface area contributed by atoms with Gasteiger partial charge in [0.05, 0.1) is 6.07 Å². The van der Waals surface area contributed by atoms with E-state index in [1.807, 2.05) is 0 Å². The highest BCUT2D eigenvalue weighted by Gasteiger charge is 2.10. The van der Waals surface area contributed by atoms with E-state index >= 15 is 0 Å². The molecule has 20 heavy (non-hydrogen) atoms. The van der Waals surface area contributed by atoms with E-state index in [9.17, 15) is 0 Å². The minimum Gasteiger partial charge on any atom is -0.353 e. The molecule has 0 fully saturated rings. The molecule has 0 saturated heterocycles.